The fraction of sp³-hybridized carbons (Fsp3) is 0.778. The predicted molar refractivity (Wildman–Crippen MR) is 67.4 cm³/mol. The lowest BCUT2D eigenvalue weighted by Crippen LogP contribution is -2.24. The molecule has 0 saturated heterocycles. The van der Waals surface area contributed by atoms with Crippen molar-refractivity contribution in [1.29, 1.82) is 0 Å². The zero-order valence-corrected chi connectivity index (χ0v) is 11.3. The number of hydrogen-bond acceptors (Lipinski definition) is 5. The van der Waals surface area contributed by atoms with E-state index in [2.05, 4.69) is 42.8 Å². The Bertz CT molecular complexity index is 254. The number of thiol groups is 1. The molecule has 1 heterocycles. The van der Waals surface area contributed by atoms with E-state index in [0.717, 1.165) is 15.8 Å². The molecule has 0 saturated carbocycles. The Morgan fingerprint density at radius 1 is 1.57 bits per heavy atom. The van der Waals surface area contributed by atoms with Gasteiger partial charge in [0, 0.05) is 5.75 Å². The van der Waals surface area contributed by atoms with Crippen molar-refractivity contribution in [2.24, 2.45) is 11.3 Å². The van der Waals surface area contributed by atoms with Crippen molar-refractivity contribution in [3.8, 4) is 0 Å². The van der Waals surface area contributed by atoms with Crippen LogP contribution in [0.3, 0.4) is 0 Å². The van der Waals surface area contributed by atoms with Gasteiger partial charge in [0.15, 0.2) is 4.34 Å². The highest BCUT2D eigenvalue weighted by Crippen LogP contribution is 2.32. The van der Waals surface area contributed by atoms with Gasteiger partial charge < -0.3 is 0 Å². The van der Waals surface area contributed by atoms with Crippen molar-refractivity contribution >= 4 is 35.9 Å². The quantitative estimate of drug-likeness (QED) is 0.654. The van der Waals surface area contributed by atoms with Crippen molar-refractivity contribution in [3.05, 3.63) is 6.33 Å². The minimum absolute atomic E-state index is 0.319. The molecule has 0 fully saturated rings. The third-order valence-corrected chi connectivity index (χ3v) is 4.59. The van der Waals surface area contributed by atoms with Crippen molar-refractivity contribution in [1.82, 2.24) is 9.36 Å². The fourth-order valence-corrected chi connectivity index (χ4v) is 3.73. The summed E-state index contributed by atoms with van der Waals surface area (Å²) in [6.45, 7) is 6.78. The highest BCUT2D eigenvalue weighted by Gasteiger charge is 2.23. The molecule has 0 radical (unpaired) electrons. The van der Waals surface area contributed by atoms with Crippen LogP contribution in [-0.2, 0) is 0 Å². The Morgan fingerprint density at radius 3 is 2.71 bits per heavy atom. The predicted octanol–water partition coefficient (Wildman–Crippen LogP) is 3.22. The number of aromatic nitrogens is 2. The molecular weight excluding hydrogens is 232 g/mol. The monoisotopic (exact) mass is 248 g/mol. The van der Waals surface area contributed by atoms with Gasteiger partial charge in [-0.2, -0.15) is 17.0 Å². The van der Waals surface area contributed by atoms with Gasteiger partial charge in [0.05, 0.1) is 0 Å². The second kappa shape index (κ2) is 5.37. The summed E-state index contributed by atoms with van der Waals surface area (Å²) >= 11 is 7.64. The van der Waals surface area contributed by atoms with Crippen LogP contribution < -0.4 is 0 Å². The van der Waals surface area contributed by atoms with Crippen LogP contribution in [0.15, 0.2) is 10.7 Å². The van der Waals surface area contributed by atoms with Crippen LogP contribution in [0.5, 0.6) is 0 Å². The molecule has 2 nitrogen and oxygen atoms in total. The molecule has 0 amide bonds. The van der Waals surface area contributed by atoms with Crippen LogP contribution in [0, 0.1) is 11.3 Å². The normalized spacial score (nSPS) is 14.3. The molecule has 0 spiro atoms. The molecule has 0 N–H and O–H groups in total. The Morgan fingerprint density at radius 2 is 2.29 bits per heavy atom. The van der Waals surface area contributed by atoms with Gasteiger partial charge >= 0.3 is 0 Å². The van der Waals surface area contributed by atoms with Crippen LogP contribution in [0.2, 0.25) is 0 Å². The van der Waals surface area contributed by atoms with Crippen LogP contribution in [0.4, 0.5) is 0 Å². The molecular formula is C9H16N2S3. The van der Waals surface area contributed by atoms with E-state index >= 15 is 0 Å². The first kappa shape index (κ1) is 12.3. The average molecular weight is 248 g/mol. The molecule has 1 unspecified atom stereocenters. The molecule has 1 aromatic rings. The molecule has 0 aromatic carbocycles. The molecule has 1 rings (SSSR count). The maximum atomic E-state index is 4.39. The van der Waals surface area contributed by atoms with Crippen molar-refractivity contribution in [2.75, 3.05) is 11.5 Å². The summed E-state index contributed by atoms with van der Waals surface area (Å²) < 4.78 is 5.04. The lowest BCUT2D eigenvalue weighted by Gasteiger charge is -2.28. The first-order chi connectivity index (χ1) is 6.54. The van der Waals surface area contributed by atoms with Crippen LogP contribution in [0.1, 0.15) is 20.8 Å². The average Bonchev–Trinajstić information content (AvgIpc) is 2.55. The van der Waals surface area contributed by atoms with Gasteiger partial charge in [-0.25, -0.2) is 4.98 Å². The van der Waals surface area contributed by atoms with Gasteiger partial charge in [0.1, 0.15) is 6.33 Å². The zero-order valence-electron chi connectivity index (χ0n) is 8.73. The van der Waals surface area contributed by atoms with E-state index in [-0.39, 0.29) is 0 Å². The molecule has 0 aliphatic carbocycles. The molecule has 1 atom stereocenters. The highest BCUT2D eigenvalue weighted by atomic mass is 32.2. The highest BCUT2D eigenvalue weighted by molar-refractivity contribution is 8.00. The Kier molecular flexibility index (Phi) is 4.73. The second-order valence-corrected chi connectivity index (χ2v) is 6.68. The Balaban J connectivity index is 2.43. The molecule has 0 bridgehead atoms. The number of rotatable bonds is 4. The minimum atomic E-state index is 0.319. The molecule has 0 aliphatic heterocycles. The van der Waals surface area contributed by atoms with E-state index in [4.69, 9.17) is 0 Å². The largest absolute Gasteiger partial charge is 0.216 e. The van der Waals surface area contributed by atoms with E-state index in [1.54, 1.807) is 18.1 Å². The molecule has 80 valence electrons. The van der Waals surface area contributed by atoms with Gasteiger partial charge in [-0.1, -0.05) is 32.5 Å². The zero-order chi connectivity index (χ0) is 10.6. The molecule has 0 aliphatic rings. The molecule has 1 aromatic heterocycles. The number of thioether (sulfide) groups is 1. The van der Waals surface area contributed by atoms with E-state index < -0.39 is 0 Å². The first-order valence-corrected chi connectivity index (χ1v) is 6.93. The third-order valence-electron chi connectivity index (χ3n) is 2.19. The summed E-state index contributed by atoms with van der Waals surface area (Å²) in [5.74, 6) is 2.61. The topological polar surface area (TPSA) is 25.8 Å². The molecule has 14 heavy (non-hydrogen) atoms. The lowest BCUT2D eigenvalue weighted by atomic mass is 9.83. The van der Waals surface area contributed by atoms with E-state index in [1.165, 1.54) is 11.5 Å². The van der Waals surface area contributed by atoms with E-state index in [1.807, 2.05) is 0 Å². The first-order valence-electron chi connectivity index (χ1n) is 4.54. The smallest absolute Gasteiger partial charge is 0.169 e. The second-order valence-electron chi connectivity index (χ2n) is 4.26. The Labute approximate surface area is 99.5 Å². The van der Waals surface area contributed by atoms with E-state index in [0.29, 0.717) is 11.3 Å². The van der Waals surface area contributed by atoms with Gasteiger partial charge in [0.25, 0.3) is 0 Å². The lowest BCUT2D eigenvalue weighted by molar-refractivity contribution is 0.294. The third kappa shape index (κ3) is 3.79. The Hall–Kier alpha value is 0.260. The fourth-order valence-electron chi connectivity index (χ4n) is 0.975. The summed E-state index contributed by atoms with van der Waals surface area (Å²) in [6.07, 6.45) is 1.61. The minimum Gasteiger partial charge on any atom is -0.216 e. The summed E-state index contributed by atoms with van der Waals surface area (Å²) in [6, 6.07) is 0. The standard InChI is InChI=1S/C9H16N2S3/c1-9(2,3)7(4-12)5-13-8-10-6-11-14-8/h6-7,12H,4-5H2,1-3H3. The van der Waals surface area contributed by atoms with Gasteiger partial charge in [0.2, 0.25) is 0 Å². The van der Waals surface area contributed by atoms with Crippen LogP contribution in [-0.4, -0.2) is 20.9 Å². The van der Waals surface area contributed by atoms with Gasteiger partial charge in [-0.3, -0.25) is 0 Å². The summed E-state index contributed by atoms with van der Waals surface area (Å²) in [5.41, 5.74) is 0.319. The SMILES string of the molecule is CC(C)(C)C(CS)CSc1ncns1. The van der Waals surface area contributed by atoms with Crippen molar-refractivity contribution in [2.45, 2.75) is 25.1 Å². The number of hydrogen-bond donors (Lipinski definition) is 1. The molecule has 5 heteroatoms. The van der Waals surface area contributed by atoms with Crippen molar-refractivity contribution in [3.63, 3.8) is 0 Å². The summed E-state index contributed by atoms with van der Waals surface area (Å²) in [7, 11) is 0. The van der Waals surface area contributed by atoms with Crippen molar-refractivity contribution < 1.29 is 0 Å². The maximum absolute atomic E-state index is 4.39. The maximum Gasteiger partial charge on any atom is 0.169 e. The van der Waals surface area contributed by atoms with Gasteiger partial charge in [-0.15, -0.1) is 0 Å². The summed E-state index contributed by atoms with van der Waals surface area (Å²) in [4.78, 5) is 4.15. The summed E-state index contributed by atoms with van der Waals surface area (Å²) in [5, 5.41) is 0. The van der Waals surface area contributed by atoms with Crippen LogP contribution >= 0.6 is 35.9 Å². The number of nitrogens with zero attached hydrogens (tertiary/aromatic N) is 2. The van der Waals surface area contributed by atoms with E-state index in [9.17, 15) is 0 Å². The van der Waals surface area contributed by atoms with Gasteiger partial charge in [-0.05, 0) is 28.6 Å². The van der Waals surface area contributed by atoms with Crippen LogP contribution in [0.25, 0.3) is 0 Å².